The molecule has 12 nitrogen and oxygen atoms in total. The minimum atomic E-state index is -3.24. The molecule has 0 spiro atoms. The van der Waals surface area contributed by atoms with Gasteiger partial charge in [-0.15, -0.1) is 0 Å². The molecule has 53 heavy (non-hydrogen) atoms. The van der Waals surface area contributed by atoms with Crippen molar-refractivity contribution < 1.29 is 74.5 Å². The van der Waals surface area contributed by atoms with Crippen molar-refractivity contribution in [2.75, 3.05) is 40.8 Å². The van der Waals surface area contributed by atoms with Gasteiger partial charge in [0, 0.05) is 69.1 Å². The van der Waals surface area contributed by atoms with Crippen molar-refractivity contribution in [1.29, 1.82) is 1.43 Å². The molecule has 5 aromatic rings. The first kappa shape index (κ1) is 49.4. The smallest absolute Gasteiger partial charge is 0.439 e. The summed E-state index contributed by atoms with van der Waals surface area (Å²) in [5.41, 5.74) is 2.51. The summed E-state index contributed by atoms with van der Waals surface area (Å²) >= 11 is 0. The number of hydrogen-bond donors (Lipinski definition) is 1. The van der Waals surface area contributed by atoms with Gasteiger partial charge >= 0.3 is 31.5 Å². The monoisotopic (exact) mass is 903 g/mol. The minimum Gasteiger partial charge on any atom is -0.439 e. The van der Waals surface area contributed by atoms with Crippen LogP contribution in [0.5, 0.6) is 5.75 Å². The number of benzene rings is 4. The summed E-state index contributed by atoms with van der Waals surface area (Å²) in [5, 5.41) is 3.46. The molecule has 6 rings (SSSR count). The Morgan fingerprint density at radius 3 is 1.92 bits per heavy atom. The molecule has 1 N–H and O–H groups in total. The van der Waals surface area contributed by atoms with Crippen LogP contribution in [0.2, 0.25) is 0 Å². The number of rotatable bonds is 9. The molecule has 20 heteroatoms. The van der Waals surface area contributed by atoms with E-state index in [0.717, 1.165) is 32.8 Å². The van der Waals surface area contributed by atoms with E-state index < -0.39 is 38.9 Å². The van der Waals surface area contributed by atoms with E-state index in [1.807, 2.05) is 84.9 Å². The third kappa shape index (κ3) is 14.1. The summed E-state index contributed by atoms with van der Waals surface area (Å²) in [5.74, 6) is 1.74. The Labute approximate surface area is 334 Å². The maximum atomic E-state index is 13.4. The molecule has 0 bridgehead atoms. The molecule has 1 aliphatic rings. The van der Waals surface area contributed by atoms with Crippen molar-refractivity contribution in [2.45, 2.75) is 0 Å². The average molecular weight is 903 g/mol. The summed E-state index contributed by atoms with van der Waals surface area (Å²) in [6.45, 7) is 3.26. The zero-order valence-corrected chi connectivity index (χ0v) is 38.3. The van der Waals surface area contributed by atoms with Crippen LogP contribution in [0.3, 0.4) is 0 Å². The second-order valence-corrected chi connectivity index (χ2v) is 18.1. The van der Waals surface area contributed by atoms with Crippen molar-refractivity contribution >= 4 is 85.5 Å². The zero-order valence-electron chi connectivity index (χ0n) is 31.6. The maximum absolute atomic E-state index is 13.4. The zero-order chi connectivity index (χ0) is 38.8. The van der Waals surface area contributed by atoms with Crippen LogP contribution in [0.15, 0.2) is 114 Å². The van der Waals surface area contributed by atoms with Crippen LogP contribution in [0, 0.1) is 7.40 Å². The van der Waals surface area contributed by atoms with Gasteiger partial charge < -0.3 is 34.9 Å². The van der Waals surface area contributed by atoms with Gasteiger partial charge in [-0.25, -0.2) is 10.1 Å². The van der Waals surface area contributed by atoms with Gasteiger partial charge in [0.25, 0.3) is 7.37 Å². The van der Waals surface area contributed by atoms with Crippen LogP contribution in [-0.2, 0) is 59.5 Å². The van der Waals surface area contributed by atoms with Crippen molar-refractivity contribution in [3.8, 4) is 16.9 Å². The fourth-order valence-electron chi connectivity index (χ4n) is 4.64. The second-order valence-electron chi connectivity index (χ2n) is 9.73. The molecule has 2 heterocycles. The van der Waals surface area contributed by atoms with Crippen molar-refractivity contribution in [3.63, 3.8) is 0 Å². The third-order valence-corrected chi connectivity index (χ3v) is 14.4. The molecule has 0 saturated carbocycles. The predicted molar refractivity (Wildman–Crippen MR) is 223 cm³/mol. The van der Waals surface area contributed by atoms with Crippen LogP contribution in [0.4, 0.5) is 0 Å². The fourth-order valence-corrected chi connectivity index (χ4v) is 10.5. The Hall–Kier alpha value is -1.65. The van der Waals surface area contributed by atoms with Gasteiger partial charge in [0.2, 0.25) is 6.55 Å². The first-order chi connectivity index (χ1) is 25.0. The van der Waals surface area contributed by atoms with Gasteiger partial charge in [-0.3, -0.25) is 13.7 Å². The largest absolute Gasteiger partial charge is 0.597 e. The first-order valence-corrected chi connectivity index (χ1v) is 21.3. The molecule has 289 valence electrons. The minimum absolute atomic E-state index is 0. The van der Waals surface area contributed by atoms with Crippen LogP contribution in [-0.4, -0.2) is 47.1 Å². The molecular weight excluding hydrogens is 856 g/mol. The fraction of sp³-hybridized carbons (Fsp3) is 0.182. The summed E-state index contributed by atoms with van der Waals surface area (Å²) in [4.78, 5) is 3.21. The topological polar surface area (TPSA) is 165 Å². The van der Waals surface area contributed by atoms with E-state index in [2.05, 4.69) is 27.9 Å². The van der Waals surface area contributed by atoms with E-state index in [1.165, 1.54) is 28.4 Å². The van der Waals surface area contributed by atoms with Crippen LogP contribution in [0.25, 0.3) is 32.6 Å². The molecule has 4 unspecified atom stereocenters. The van der Waals surface area contributed by atoms with Gasteiger partial charge in [-0.2, -0.15) is 19.8 Å². The van der Waals surface area contributed by atoms with E-state index in [1.54, 1.807) is 12.1 Å². The van der Waals surface area contributed by atoms with Crippen LogP contribution < -0.4 is 9.83 Å². The van der Waals surface area contributed by atoms with Gasteiger partial charge in [-0.05, 0) is 40.5 Å². The molecule has 0 amide bonds. The van der Waals surface area contributed by atoms with Gasteiger partial charge in [0.1, 0.15) is 5.75 Å². The molecule has 1 aromatic heterocycles. The normalized spacial score (nSPS) is 14.4. The predicted octanol–water partition coefficient (Wildman–Crippen LogP) is 10.8. The first-order valence-electron chi connectivity index (χ1n) is 15.4. The second kappa shape index (κ2) is 25.5. The molecule has 0 fully saturated rings. The number of hydrogen-bond acceptors (Lipinski definition) is 12. The average Bonchev–Trinajstić information content (AvgIpc) is 3.21. The number of para-hydroxylation sites is 2. The molecule has 4 atom stereocenters. The number of fused-ring (bicyclic) bond motifs is 6. The Morgan fingerprint density at radius 1 is 0.868 bits per heavy atom. The molecule has 0 saturated heterocycles. The van der Waals surface area contributed by atoms with E-state index in [0.29, 0.717) is 16.6 Å². The Bertz CT molecular complexity index is 2130. The van der Waals surface area contributed by atoms with Gasteiger partial charge in [0.15, 0.2) is 5.58 Å². The molecule has 1 aliphatic heterocycles. The quantitative estimate of drug-likeness (QED) is 0.0847. The van der Waals surface area contributed by atoms with Crippen molar-refractivity contribution in [2.24, 2.45) is 0 Å². The summed E-state index contributed by atoms with van der Waals surface area (Å²) in [7, 11) is -3.88. The van der Waals surface area contributed by atoms with Crippen molar-refractivity contribution in [1.82, 2.24) is 0 Å². The molecule has 0 aliphatic carbocycles. The maximum Gasteiger partial charge on any atom is 0.597 e. The van der Waals surface area contributed by atoms with Gasteiger partial charge in [0.05, 0.1) is 17.6 Å². The summed E-state index contributed by atoms with van der Waals surface area (Å²) in [6.07, 6.45) is 0.130. The van der Waals surface area contributed by atoms with E-state index in [-0.39, 0.29) is 50.7 Å². The summed E-state index contributed by atoms with van der Waals surface area (Å²) in [6, 6.07) is 30.3. The molecule has 4 aromatic carbocycles. The van der Waals surface area contributed by atoms with Crippen LogP contribution >= 0.6 is 58.7 Å². The summed E-state index contributed by atoms with van der Waals surface area (Å²) < 4.78 is 98.2. The van der Waals surface area contributed by atoms with Crippen LogP contribution in [0.1, 0.15) is 1.37 Å². The van der Waals surface area contributed by atoms with E-state index in [4.69, 9.17) is 25.1 Å². The molecular formula is C33H45O12P7V. The standard InChI is InChI=1S/C16H18O5P2.C12H8O2P.C4H9O3P.CH3.HO2P.2H3P.V/c1-19-23(18,20-2)12-11-22(17)16-10-6-4-8-14(16)13-7-3-5-9-15(13)21-22;13-15-12-8-4-2-6-10(12)9-5-1-3-7-11(9)14-15;1-4-8(5,6-2)7-3;;1-3-2;;;/h3-10H,11-12H2,1-2H3;1-8H;4H,1H2,2-3H3;1H3;(H,1,2);2*1H3;/q;+1;;-1;;;;/i;;;1D;;;;/hD. The SMILES string of the molecule is C=CP(=O)(OC)OC.COP(=O)(CCP1(=O)Oc2ccccc2-c2ccccc21)OC.O=[p+]1oc2ccccc2c2ccccc21.P.P.[2H]OP=O.[2H][CH2-].[V]. The molecule has 1 radical (unpaired) electrons. The Morgan fingerprint density at radius 2 is 1.38 bits per heavy atom. The van der Waals surface area contributed by atoms with Crippen molar-refractivity contribution in [3.05, 3.63) is 117 Å². The third-order valence-electron chi connectivity index (χ3n) is 7.11. The van der Waals surface area contributed by atoms with E-state index in [9.17, 15) is 18.3 Å². The van der Waals surface area contributed by atoms with E-state index >= 15 is 0 Å². The van der Waals surface area contributed by atoms with Gasteiger partial charge in [-0.1, -0.05) is 73.3 Å². The Kier molecular flexibility index (Phi) is 23.8. The Balaban J connectivity index is 0.